The van der Waals surface area contributed by atoms with E-state index in [9.17, 15) is 9.90 Å². The van der Waals surface area contributed by atoms with Gasteiger partial charge in [0.25, 0.3) is 5.91 Å². The zero-order chi connectivity index (χ0) is 20.2. The van der Waals surface area contributed by atoms with Crippen molar-refractivity contribution in [1.29, 1.82) is 0 Å². The van der Waals surface area contributed by atoms with E-state index in [-0.39, 0.29) is 11.3 Å². The Labute approximate surface area is 176 Å². The maximum atomic E-state index is 12.8. The summed E-state index contributed by atoms with van der Waals surface area (Å²) < 4.78 is 0.866. The molecule has 0 fully saturated rings. The second-order valence-electron chi connectivity index (χ2n) is 6.46. The monoisotopic (exact) mass is 444 g/mol. The minimum absolute atomic E-state index is 0.0847. The van der Waals surface area contributed by atoms with Gasteiger partial charge in [-0.2, -0.15) is 5.10 Å². The van der Waals surface area contributed by atoms with Gasteiger partial charge in [-0.1, -0.05) is 88.7 Å². The highest BCUT2D eigenvalue weighted by molar-refractivity contribution is 9.10. The Hall–Kier alpha value is -3.44. The van der Waals surface area contributed by atoms with Crippen LogP contribution in [0.15, 0.2) is 101 Å². The van der Waals surface area contributed by atoms with Gasteiger partial charge in [0.1, 0.15) is 5.75 Å². The van der Waals surface area contributed by atoms with Crippen molar-refractivity contribution in [2.45, 2.75) is 0 Å². The Balaban J connectivity index is 1.72. The molecule has 0 radical (unpaired) electrons. The fourth-order valence-electron chi connectivity index (χ4n) is 3.11. The zero-order valence-electron chi connectivity index (χ0n) is 15.3. The molecule has 0 heterocycles. The molecule has 0 bridgehead atoms. The quantitative estimate of drug-likeness (QED) is 0.322. The van der Waals surface area contributed by atoms with Gasteiger partial charge in [0, 0.05) is 15.6 Å². The zero-order valence-corrected chi connectivity index (χ0v) is 16.9. The van der Waals surface area contributed by atoms with Crippen LogP contribution in [0.25, 0.3) is 10.8 Å². The molecule has 4 aromatic carbocycles. The minimum Gasteiger partial charge on any atom is -0.507 e. The molecule has 4 aromatic rings. The van der Waals surface area contributed by atoms with Crippen LogP contribution < -0.4 is 5.43 Å². The van der Waals surface area contributed by atoms with Crippen LogP contribution in [-0.2, 0) is 0 Å². The van der Waals surface area contributed by atoms with Gasteiger partial charge in [-0.3, -0.25) is 4.79 Å². The number of halogens is 1. The van der Waals surface area contributed by atoms with Crippen LogP contribution in [0.3, 0.4) is 0 Å². The number of phenolic OH excluding ortho intramolecular Hbond substituents is 1. The van der Waals surface area contributed by atoms with Crippen LogP contribution in [-0.4, -0.2) is 16.7 Å². The van der Waals surface area contributed by atoms with E-state index in [0.717, 1.165) is 26.4 Å². The third-order valence-electron chi connectivity index (χ3n) is 4.55. The Bertz CT molecular complexity index is 1220. The number of phenols is 1. The van der Waals surface area contributed by atoms with Gasteiger partial charge in [-0.05, 0) is 29.0 Å². The molecular weight excluding hydrogens is 428 g/mol. The van der Waals surface area contributed by atoms with Crippen LogP contribution in [0.2, 0.25) is 0 Å². The highest BCUT2D eigenvalue weighted by Gasteiger charge is 2.14. The molecule has 29 heavy (non-hydrogen) atoms. The first-order chi connectivity index (χ1) is 14.1. The lowest BCUT2D eigenvalue weighted by Crippen LogP contribution is -2.21. The number of nitrogens with one attached hydrogen (secondary N) is 1. The highest BCUT2D eigenvalue weighted by Crippen LogP contribution is 2.25. The molecule has 4 rings (SSSR count). The molecular formula is C24H17BrN2O2. The third kappa shape index (κ3) is 4.05. The molecule has 0 aliphatic heterocycles. The molecule has 0 unspecified atom stereocenters. The Morgan fingerprint density at radius 2 is 1.41 bits per heavy atom. The summed E-state index contributed by atoms with van der Waals surface area (Å²) >= 11 is 3.55. The van der Waals surface area contributed by atoms with Crippen molar-refractivity contribution in [3.63, 3.8) is 0 Å². The van der Waals surface area contributed by atoms with Crippen molar-refractivity contribution >= 4 is 38.3 Å². The smallest absolute Gasteiger partial charge is 0.275 e. The number of amides is 1. The third-order valence-corrected chi connectivity index (χ3v) is 5.25. The van der Waals surface area contributed by atoms with E-state index in [0.29, 0.717) is 5.71 Å². The summed E-state index contributed by atoms with van der Waals surface area (Å²) in [5.74, 6) is -0.563. The van der Waals surface area contributed by atoms with E-state index in [2.05, 4.69) is 26.5 Å². The second-order valence-corrected chi connectivity index (χ2v) is 7.32. The minimum atomic E-state index is -0.478. The van der Waals surface area contributed by atoms with Crippen LogP contribution in [0.1, 0.15) is 21.5 Å². The van der Waals surface area contributed by atoms with Crippen LogP contribution in [0.4, 0.5) is 0 Å². The van der Waals surface area contributed by atoms with Crippen LogP contribution >= 0.6 is 15.9 Å². The molecule has 0 atom stereocenters. The van der Waals surface area contributed by atoms with Crippen molar-refractivity contribution < 1.29 is 9.90 Å². The highest BCUT2D eigenvalue weighted by atomic mass is 79.9. The lowest BCUT2D eigenvalue weighted by Gasteiger charge is -2.11. The summed E-state index contributed by atoms with van der Waals surface area (Å²) in [4.78, 5) is 12.8. The Morgan fingerprint density at radius 3 is 2.14 bits per heavy atom. The van der Waals surface area contributed by atoms with Gasteiger partial charge in [-0.25, -0.2) is 5.43 Å². The first-order valence-electron chi connectivity index (χ1n) is 9.03. The number of carbonyl (C=O) groups is 1. The molecule has 142 valence electrons. The second kappa shape index (κ2) is 8.29. The molecule has 0 saturated heterocycles. The van der Waals surface area contributed by atoms with Crippen LogP contribution in [0.5, 0.6) is 5.75 Å². The maximum Gasteiger partial charge on any atom is 0.275 e. The van der Waals surface area contributed by atoms with E-state index < -0.39 is 5.91 Å². The molecule has 4 nitrogen and oxygen atoms in total. The van der Waals surface area contributed by atoms with Crippen molar-refractivity contribution in [2.75, 3.05) is 0 Å². The molecule has 0 aliphatic carbocycles. The number of carbonyl (C=O) groups excluding carboxylic acids is 1. The number of nitrogens with zero attached hydrogens (tertiary/aromatic N) is 1. The van der Waals surface area contributed by atoms with E-state index in [1.54, 1.807) is 12.1 Å². The molecule has 0 spiro atoms. The van der Waals surface area contributed by atoms with Crippen molar-refractivity contribution in [3.05, 3.63) is 112 Å². The fraction of sp³-hybridized carbons (Fsp3) is 0. The summed E-state index contributed by atoms with van der Waals surface area (Å²) in [5.41, 5.74) is 5.10. The molecule has 1 amide bonds. The SMILES string of the molecule is O=C(NN=C(c1ccccc1)c1ccccc1Br)c1cc2ccccc2cc1O. The van der Waals surface area contributed by atoms with Crippen molar-refractivity contribution in [3.8, 4) is 5.75 Å². The van der Waals surface area contributed by atoms with Crippen LogP contribution in [0, 0.1) is 0 Å². The number of fused-ring (bicyclic) bond motifs is 1. The maximum absolute atomic E-state index is 12.8. The fourth-order valence-corrected chi connectivity index (χ4v) is 3.58. The molecule has 0 aromatic heterocycles. The summed E-state index contributed by atoms with van der Waals surface area (Å²) in [5, 5.41) is 16.4. The topological polar surface area (TPSA) is 61.7 Å². The van der Waals surface area contributed by atoms with Crippen molar-refractivity contribution in [1.82, 2.24) is 5.43 Å². The Kier molecular flexibility index (Phi) is 5.40. The molecule has 0 saturated carbocycles. The number of benzene rings is 4. The number of hydrogen-bond acceptors (Lipinski definition) is 3. The molecule has 2 N–H and O–H groups in total. The van der Waals surface area contributed by atoms with Gasteiger partial charge in [0.2, 0.25) is 0 Å². The lowest BCUT2D eigenvalue weighted by atomic mass is 10.0. The largest absolute Gasteiger partial charge is 0.507 e. The first-order valence-corrected chi connectivity index (χ1v) is 9.83. The van der Waals surface area contributed by atoms with E-state index in [4.69, 9.17) is 0 Å². The predicted octanol–water partition coefficient (Wildman–Crippen LogP) is 5.49. The summed E-state index contributed by atoms with van der Waals surface area (Å²) in [6.45, 7) is 0. The van der Waals surface area contributed by atoms with Gasteiger partial charge < -0.3 is 5.11 Å². The Morgan fingerprint density at radius 1 is 0.793 bits per heavy atom. The summed E-state index contributed by atoms with van der Waals surface area (Å²) in [7, 11) is 0. The lowest BCUT2D eigenvalue weighted by molar-refractivity contribution is 0.0952. The number of hydrazone groups is 1. The first kappa shape index (κ1) is 18.9. The van der Waals surface area contributed by atoms with Gasteiger partial charge in [0.15, 0.2) is 0 Å². The van der Waals surface area contributed by atoms with Gasteiger partial charge >= 0.3 is 0 Å². The van der Waals surface area contributed by atoms with E-state index in [1.165, 1.54) is 0 Å². The average molecular weight is 445 g/mol. The normalized spacial score (nSPS) is 11.4. The summed E-state index contributed by atoms with van der Waals surface area (Å²) in [6.07, 6.45) is 0. The summed E-state index contributed by atoms with van der Waals surface area (Å²) in [6, 6.07) is 28.1. The predicted molar refractivity (Wildman–Crippen MR) is 119 cm³/mol. The number of rotatable bonds is 4. The van der Waals surface area contributed by atoms with E-state index >= 15 is 0 Å². The molecule has 0 aliphatic rings. The van der Waals surface area contributed by atoms with Gasteiger partial charge in [0.05, 0.1) is 11.3 Å². The van der Waals surface area contributed by atoms with Gasteiger partial charge in [-0.15, -0.1) is 0 Å². The van der Waals surface area contributed by atoms with E-state index in [1.807, 2.05) is 78.9 Å². The average Bonchev–Trinajstić information content (AvgIpc) is 2.75. The number of aromatic hydroxyl groups is 1. The van der Waals surface area contributed by atoms with Crippen molar-refractivity contribution in [2.24, 2.45) is 5.10 Å². The number of hydrogen-bond donors (Lipinski definition) is 2. The molecule has 5 heteroatoms. The standard InChI is InChI=1S/C24H17BrN2O2/c25-21-13-7-6-12-19(21)23(16-8-2-1-3-9-16)26-27-24(29)20-14-17-10-4-5-11-18(17)15-22(20)28/h1-15,28H,(H,27,29).